The monoisotopic (exact) mass is 669 g/mol. The summed E-state index contributed by atoms with van der Waals surface area (Å²) in [4.78, 5) is 42.5. The Balaban J connectivity index is 1.37. The zero-order chi connectivity index (χ0) is 30.4. The summed E-state index contributed by atoms with van der Waals surface area (Å²) in [6.07, 6.45) is 5.95. The molecule has 0 saturated carbocycles. The fourth-order valence-corrected chi connectivity index (χ4v) is 4.86. The smallest absolute Gasteiger partial charge is 0.247 e. The molecule has 0 unspecified atom stereocenters. The summed E-state index contributed by atoms with van der Waals surface area (Å²) in [7, 11) is 1.56. The number of ether oxygens (including phenoxy) is 1. The van der Waals surface area contributed by atoms with Crippen molar-refractivity contribution in [3.8, 4) is 5.75 Å². The second-order valence-corrected chi connectivity index (χ2v) is 10.6. The van der Waals surface area contributed by atoms with Gasteiger partial charge in [0.1, 0.15) is 11.2 Å². The summed E-state index contributed by atoms with van der Waals surface area (Å²) < 4.78 is 8.73. The molecule has 2 aromatic carbocycles. The lowest BCUT2D eigenvalue weighted by Gasteiger charge is -2.21. The molecule has 0 spiro atoms. The molecule has 0 aliphatic rings. The number of benzene rings is 2. The summed E-state index contributed by atoms with van der Waals surface area (Å²) >= 11 is 16.6. The van der Waals surface area contributed by atoms with E-state index >= 15 is 0 Å². The average molecular weight is 671 g/mol. The molecular formula is C30H26BrCl2N5O4. The number of fused-ring (bicyclic) bond motifs is 1. The van der Waals surface area contributed by atoms with Gasteiger partial charge in [-0.05, 0) is 77.0 Å². The van der Waals surface area contributed by atoms with Crippen molar-refractivity contribution in [3.63, 3.8) is 0 Å². The van der Waals surface area contributed by atoms with Crippen LogP contribution in [0, 0.1) is 6.92 Å². The van der Waals surface area contributed by atoms with Crippen molar-refractivity contribution in [2.45, 2.75) is 13.5 Å². The number of nitrogens with one attached hydrogen (secondary N) is 2. The van der Waals surface area contributed by atoms with Crippen molar-refractivity contribution in [2.24, 2.45) is 0 Å². The Bertz CT molecular complexity index is 1700. The van der Waals surface area contributed by atoms with Crippen LogP contribution in [0.15, 0.2) is 78.1 Å². The van der Waals surface area contributed by atoms with Crippen LogP contribution in [0.25, 0.3) is 11.7 Å². The van der Waals surface area contributed by atoms with Crippen molar-refractivity contribution in [3.05, 3.63) is 105 Å². The quantitative estimate of drug-likeness (QED) is 0.195. The lowest BCUT2D eigenvalue weighted by atomic mass is 10.2. The Morgan fingerprint density at radius 1 is 1.12 bits per heavy atom. The molecule has 42 heavy (non-hydrogen) atoms. The normalized spacial score (nSPS) is 11.0. The average Bonchev–Trinajstić information content (AvgIpc) is 3.28. The van der Waals surface area contributed by atoms with Crippen LogP contribution in [-0.2, 0) is 21.0 Å². The highest BCUT2D eigenvalue weighted by Gasteiger charge is 2.20. The first-order valence-corrected chi connectivity index (χ1v) is 14.1. The topological polar surface area (TPSA) is 105 Å². The molecule has 2 N–H and O–H groups in total. The van der Waals surface area contributed by atoms with E-state index in [-0.39, 0.29) is 24.1 Å². The van der Waals surface area contributed by atoms with Gasteiger partial charge in [-0.15, -0.1) is 0 Å². The highest BCUT2D eigenvalue weighted by atomic mass is 79.9. The molecule has 0 atom stereocenters. The minimum absolute atomic E-state index is 0.0415. The summed E-state index contributed by atoms with van der Waals surface area (Å²) in [6.45, 7) is 5.08. The number of pyridine rings is 1. The highest BCUT2D eigenvalue weighted by Crippen LogP contribution is 2.35. The third-order valence-electron chi connectivity index (χ3n) is 6.19. The molecule has 4 rings (SSSR count). The van der Waals surface area contributed by atoms with Gasteiger partial charge in [0.05, 0.1) is 22.9 Å². The van der Waals surface area contributed by atoms with Gasteiger partial charge in [-0.25, -0.2) is 4.98 Å². The van der Waals surface area contributed by atoms with Gasteiger partial charge in [-0.2, -0.15) is 0 Å². The molecule has 0 aliphatic heterocycles. The summed E-state index contributed by atoms with van der Waals surface area (Å²) in [5.74, 6) is -0.618. The maximum absolute atomic E-state index is 12.9. The zero-order valence-corrected chi connectivity index (χ0v) is 25.8. The second kappa shape index (κ2) is 13.7. The van der Waals surface area contributed by atoms with Crippen LogP contribution in [0.2, 0.25) is 10.0 Å². The number of carbonyl (C=O) groups excluding carboxylic acids is 3. The number of anilines is 2. The van der Waals surface area contributed by atoms with E-state index in [1.165, 1.54) is 17.1 Å². The number of aryl methyl sites for hydroxylation is 1. The predicted octanol–water partition coefficient (Wildman–Crippen LogP) is 6.21. The fourth-order valence-electron chi connectivity index (χ4n) is 3.88. The van der Waals surface area contributed by atoms with E-state index in [2.05, 4.69) is 38.1 Å². The van der Waals surface area contributed by atoms with Gasteiger partial charge in [-0.1, -0.05) is 41.9 Å². The van der Waals surface area contributed by atoms with Crippen LogP contribution in [0.4, 0.5) is 11.4 Å². The number of rotatable bonds is 10. The number of halogens is 3. The van der Waals surface area contributed by atoms with Crippen LogP contribution < -0.4 is 20.3 Å². The molecule has 2 aromatic heterocycles. The van der Waals surface area contributed by atoms with Gasteiger partial charge in [0.15, 0.2) is 11.4 Å². The molecule has 0 fully saturated rings. The summed E-state index contributed by atoms with van der Waals surface area (Å²) in [5, 5.41) is 5.85. The van der Waals surface area contributed by atoms with Crippen LogP contribution in [0.1, 0.15) is 16.8 Å². The van der Waals surface area contributed by atoms with Gasteiger partial charge in [-0.3, -0.25) is 18.8 Å². The molecule has 0 radical (unpaired) electrons. The number of hydrogen-bond acceptors (Lipinski definition) is 5. The molecule has 2 heterocycles. The van der Waals surface area contributed by atoms with Gasteiger partial charge in [0, 0.05) is 35.6 Å². The van der Waals surface area contributed by atoms with Gasteiger partial charge < -0.3 is 20.3 Å². The lowest BCUT2D eigenvalue weighted by Crippen LogP contribution is -2.37. The standard InChI is InChI=1S/C30H26BrCl2N5O4/c1-4-25(39)36-20-10-7-19(8-11-20)9-14-26(40)34-16-27(41)37(3)23-13-12-22(32)21(28(23)33)17-42-24-6-5-15-38-29(31)18(2)35-30(24)38/h4-15H,1,16-17H2,2-3H3,(H,34,40)(H,36,39)/b14-9+. The molecule has 0 saturated heterocycles. The molecule has 9 nitrogen and oxygen atoms in total. The third kappa shape index (κ3) is 7.20. The predicted molar refractivity (Wildman–Crippen MR) is 169 cm³/mol. The number of amides is 3. The number of likely N-dealkylation sites (N-methyl/N-ethyl adjacent to an activating group) is 1. The Morgan fingerprint density at radius 2 is 1.86 bits per heavy atom. The molecule has 216 valence electrons. The Kier molecular flexibility index (Phi) is 10.1. The van der Waals surface area contributed by atoms with Crippen molar-refractivity contribution in [1.82, 2.24) is 14.7 Å². The number of imidazole rings is 1. The molecule has 12 heteroatoms. The highest BCUT2D eigenvalue weighted by molar-refractivity contribution is 9.10. The Hall–Kier alpha value is -4.12. The zero-order valence-electron chi connectivity index (χ0n) is 22.7. The molecule has 0 bridgehead atoms. The van der Waals surface area contributed by atoms with Crippen molar-refractivity contribution in [1.29, 1.82) is 0 Å². The maximum Gasteiger partial charge on any atom is 0.247 e. The van der Waals surface area contributed by atoms with E-state index in [9.17, 15) is 14.4 Å². The van der Waals surface area contributed by atoms with Crippen LogP contribution in [-0.4, -0.2) is 40.7 Å². The van der Waals surface area contributed by atoms with E-state index in [1.54, 1.807) is 55.6 Å². The van der Waals surface area contributed by atoms with Crippen molar-refractivity contribution < 1.29 is 19.1 Å². The minimum atomic E-state index is -0.452. The van der Waals surface area contributed by atoms with Crippen LogP contribution in [0.3, 0.4) is 0 Å². The van der Waals surface area contributed by atoms with Gasteiger partial charge in [0.25, 0.3) is 0 Å². The van der Waals surface area contributed by atoms with Gasteiger partial charge in [0.2, 0.25) is 17.7 Å². The third-order valence-corrected chi connectivity index (χ3v) is 7.92. The summed E-state index contributed by atoms with van der Waals surface area (Å²) in [6, 6.07) is 13.8. The van der Waals surface area contributed by atoms with E-state index in [0.717, 1.165) is 15.9 Å². The number of aromatic nitrogens is 2. The molecule has 3 amide bonds. The first-order valence-electron chi connectivity index (χ1n) is 12.6. The maximum atomic E-state index is 12.9. The largest absolute Gasteiger partial charge is 0.485 e. The van der Waals surface area contributed by atoms with Crippen molar-refractivity contribution in [2.75, 3.05) is 23.8 Å². The fraction of sp³-hybridized carbons (Fsp3) is 0.133. The number of carbonyl (C=O) groups is 3. The molecule has 0 aliphatic carbocycles. The van der Waals surface area contributed by atoms with Crippen molar-refractivity contribution >= 4 is 80.0 Å². The SMILES string of the molecule is C=CC(=O)Nc1ccc(/C=C/C(=O)NCC(=O)N(C)c2ccc(Cl)c(COc3cccn4c(Br)c(C)nc34)c2Cl)cc1. The van der Waals surface area contributed by atoms with Gasteiger partial charge >= 0.3 is 0 Å². The minimum Gasteiger partial charge on any atom is -0.485 e. The van der Waals surface area contributed by atoms with E-state index in [4.69, 9.17) is 27.9 Å². The number of nitrogens with zero attached hydrogens (tertiary/aromatic N) is 3. The lowest BCUT2D eigenvalue weighted by molar-refractivity contribution is -0.122. The van der Waals surface area contributed by atoms with Crippen LogP contribution >= 0.6 is 39.1 Å². The first-order chi connectivity index (χ1) is 20.1. The number of hydrogen-bond donors (Lipinski definition) is 2. The van der Waals surface area contributed by atoms with Crippen LogP contribution in [0.5, 0.6) is 5.75 Å². The molecule has 4 aromatic rings. The van der Waals surface area contributed by atoms with E-state index in [0.29, 0.717) is 33.4 Å². The summed E-state index contributed by atoms with van der Waals surface area (Å²) in [5.41, 5.74) is 3.70. The first kappa shape index (κ1) is 30.8. The molecular weight excluding hydrogens is 645 g/mol. The second-order valence-electron chi connectivity index (χ2n) is 9.02. The van der Waals surface area contributed by atoms with E-state index < -0.39 is 11.8 Å². The van der Waals surface area contributed by atoms with E-state index in [1.807, 2.05) is 23.6 Å². The Labute approximate surface area is 260 Å². The Morgan fingerprint density at radius 3 is 2.57 bits per heavy atom.